The van der Waals surface area contributed by atoms with Gasteiger partial charge in [0, 0.05) is 11.1 Å². The first-order valence-corrected chi connectivity index (χ1v) is 6.11. The minimum Gasteiger partial charge on any atom is -0.384 e. The molecule has 0 unspecified atom stereocenters. The Kier molecular flexibility index (Phi) is 3.38. The summed E-state index contributed by atoms with van der Waals surface area (Å²) in [5.74, 6) is 0.652. The van der Waals surface area contributed by atoms with E-state index in [9.17, 15) is 0 Å². The molecule has 90 valence electrons. The van der Waals surface area contributed by atoms with Crippen molar-refractivity contribution in [2.75, 3.05) is 5.73 Å². The van der Waals surface area contributed by atoms with E-state index in [1.165, 1.54) is 0 Å². The lowest BCUT2D eigenvalue weighted by molar-refractivity contribution is 0.808. The molecule has 2 aromatic rings. The zero-order valence-corrected chi connectivity index (χ0v) is 10.8. The van der Waals surface area contributed by atoms with Crippen molar-refractivity contribution in [2.45, 2.75) is 26.7 Å². The van der Waals surface area contributed by atoms with Gasteiger partial charge in [0.05, 0.1) is 11.4 Å². The predicted molar refractivity (Wildman–Crippen MR) is 71.7 cm³/mol. The molecule has 2 rings (SSSR count). The highest BCUT2D eigenvalue weighted by Gasteiger charge is 2.10. The van der Waals surface area contributed by atoms with Gasteiger partial charge in [-0.05, 0) is 31.0 Å². The van der Waals surface area contributed by atoms with Crippen molar-refractivity contribution in [3.63, 3.8) is 0 Å². The van der Waals surface area contributed by atoms with Gasteiger partial charge in [0.15, 0.2) is 0 Å². The Labute approximate surface area is 106 Å². The molecule has 1 aromatic heterocycles. The molecule has 17 heavy (non-hydrogen) atoms. The van der Waals surface area contributed by atoms with Gasteiger partial charge in [0.2, 0.25) is 0 Å². The van der Waals surface area contributed by atoms with E-state index >= 15 is 0 Å². The van der Waals surface area contributed by atoms with E-state index in [-0.39, 0.29) is 0 Å². The molecule has 0 amide bonds. The average molecular weight is 250 g/mol. The standard InChI is InChI=1S/C13H16ClN3/c1-3-5-10-8-13(15)17(16-10)12-7-4-6-11(14)9(12)2/h4,6-8H,3,5,15H2,1-2H3. The smallest absolute Gasteiger partial charge is 0.127 e. The number of aryl methyl sites for hydroxylation is 1. The van der Waals surface area contributed by atoms with Crippen LogP contribution >= 0.6 is 11.6 Å². The lowest BCUT2D eigenvalue weighted by atomic mass is 10.2. The van der Waals surface area contributed by atoms with Crippen molar-refractivity contribution in [3.05, 3.63) is 40.5 Å². The number of nitrogens with two attached hydrogens (primary N) is 1. The summed E-state index contributed by atoms with van der Waals surface area (Å²) < 4.78 is 1.76. The minimum absolute atomic E-state index is 0.652. The number of aromatic nitrogens is 2. The Balaban J connectivity index is 2.49. The number of hydrogen-bond acceptors (Lipinski definition) is 2. The highest BCUT2D eigenvalue weighted by atomic mass is 35.5. The Morgan fingerprint density at radius 3 is 2.88 bits per heavy atom. The maximum Gasteiger partial charge on any atom is 0.127 e. The quantitative estimate of drug-likeness (QED) is 0.906. The molecule has 1 heterocycles. The second-order valence-electron chi connectivity index (χ2n) is 4.11. The summed E-state index contributed by atoms with van der Waals surface area (Å²) in [6.45, 7) is 4.10. The molecule has 0 atom stereocenters. The lowest BCUT2D eigenvalue weighted by Gasteiger charge is -2.08. The van der Waals surface area contributed by atoms with Gasteiger partial charge in [-0.2, -0.15) is 5.10 Å². The lowest BCUT2D eigenvalue weighted by Crippen LogP contribution is -2.04. The maximum atomic E-state index is 6.10. The van der Waals surface area contributed by atoms with Crippen LogP contribution in [0.3, 0.4) is 0 Å². The third-order valence-electron chi connectivity index (χ3n) is 2.76. The summed E-state index contributed by atoms with van der Waals surface area (Å²) in [5.41, 5.74) is 8.93. The van der Waals surface area contributed by atoms with Crippen molar-refractivity contribution in [1.29, 1.82) is 0 Å². The van der Waals surface area contributed by atoms with Crippen LogP contribution in [0.2, 0.25) is 5.02 Å². The zero-order chi connectivity index (χ0) is 12.4. The van der Waals surface area contributed by atoms with E-state index in [1.54, 1.807) is 4.68 Å². The fourth-order valence-corrected chi connectivity index (χ4v) is 2.01. The number of halogens is 1. The number of nitrogen functional groups attached to an aromatic ring is 1. The van der Waals surface area contributed by atoms with Crippen LogP contribution in [0.1, 0.15) is 24.6 Å². The summed E-state index contributed by atoms with van der Waals surface area (Å²) in [4.78, 5) is 0. The molecule has 0 aliphatic rings. The van der Waals surface area contributed by atoms with Crippen molar-refractivity contribution in [1.82, 2.24) is 9.78 Å². The van der Waals surface area contributed by atoms with E-state index in [1.807, 2.05) is 31.2 Å². The molecule has 0 saturated carbocycles. The van der Waals surface area contributed by atoms with E-state index in [0.29, 0.717) is 5.82 Å². The third kappa shape index (κ3) is 2.29. The first kappa shape index (κ1) is 12.0. The number of nitrogens with zero attached hydrogens (tertiary/aromatic N) is 2. The molecule has 0 bridgehead atoms. The highest BCUT2D eigenvalue weighted by Crippen LogP contribution is 2.24. The Morgan fingerprint density at radius 2 is 2.18 bits per heavy atom. The molecule has 0 aliphatic carbocycles. The third-order valence-corrected chi connectivity index (χ3v) is 3.17. The van der Waals surface area contributed by atoms with Crippen LogP contribution in [0, 0.1) is 6.92 Å². The van der Waals surface area contributed by atoms with Gasteiger partial charge >= 0.3 is 0 Å². The summed E-state index contributed by atoms with van der Waals surface area (Å²) >= 11 is 6.10. The summed E-state index contributed by atoms with van der Waals surface area (Å²) in [7, 11) is 0. The second-order valence-corrected chi connectivity index (χ2v) is 4.51. The van der Waals surface area contributed by atoms with Crippen LogP contribution in [-0.2, 0) is 6.42 Å². The Bertz CT molecular complexity index is 531. The fraction of sp³-hybridized carbons (Fsp3) is 0.308. The van der Waals surface area contributed by atoms with Crippen molar-refractivity contribution < 1.29 is 0 Å². The van der Waals surface area contributed by atoms with Crippen molar-refractivity contribution in [2.24, 2.45) is 0 Å². The molecule has 0 fully saturated rings. The Hall–Kier alpha value is -1.48. The van der Waals surface area contributed by atoms with Gasteiger partial charge in [-0.1, -0.05) is 31.0 Å². The van der Waals surface area contributed by atoms with Crippen molar-refractivity contribution in [3.8, 4) is 5.69 Å². The molecule has 2 N–H and O–H groups in total. The normalized spacial score (nSPS) is 10.8. The molecule has 4 heteroatoms. The van der Waals surface area contributed by atoms with Crippen LogP contribution in [0.4, 0.5) is 5.82 Å². The molecule has 0 aliphatic heterocycles. The minimum atomic E-state index is 0.652. The van der Waals surface area contributed by atoms with E-state index < -0.39 is 0 Å². The summed E-state index contributed by atoms with van der Waals surface area (Å²) in [5, 5.41) is 5.24. The largest absolute Gasteiger partial charge is 0.384 e. The van der Waals surface area contributed by atoms with Gasteiger partial charge < -0.3 is 5.73 Å². The molecule has 3 nitrogen and oxygen atoms in total. The van der Waals surface area contributed by atoms with Gasteiger partial charge in [0.1, 0.15) is 5.82 Å². The zero-order valence-electron chi connectivity index (χ0n) is 10.1. The number of hydrogen-bond donors (Lipinski definition) is 1. The first-order chi connectivity index (χ1) is 8.13. The molecular weight excluding hydrogens is 234 g/mol. The van der Waals surface area contributed by atoms with Gasteiger partial charge in [-0.15, -0.1) is 0 Å². The highest BCUT2D eigenvalue weighted by molar-refractivity contribution is 6.31. The van der Waals surface area contributed by atoms with Crippen LogP contribution in [0.15, 0.2) is 24.3 Å². The van der Waals surface area contributed by atoms with Gasteiger partial charge in [0.25, 0.3) is 0 Å². The van der Waals surface area contributed by atoms with E-state index in [4.69, 9.17) is 17.3 Å². The SMILES string of the molecule is CCCc1cc(N)n(-c2cccc(Cl)c2C)n1. The van der Waals surface area contributed by atoms with Crippen LogP contribution in [0.5, 0.6) is 0 Å². The molecule has 1 aromatic carbocycles. The monoisotopic (exact) mass is 249 g/mol. The topological polar surface area (TPSA) is 43.8 Å². The number of rotatable bonds is 3. The van der Waals surface area contributed by atoms with Crippen LogP contribution in [0.25, 0.3) is 5.69 Å². The van der Waals surface area contributed by atoms with Crippen LogP contribution < -0.4 is 5.73 Å². The van der Waals surface area contributed by atoms with Gasteiger partial charge in [-0.25, -0.2) is 4.68 Å². The molecule has 0 saturated heterocycles. The molecular formula is C13H16ClN3. The second kappa shape index (κ2) is 4.80. The van der Waals surface area contributed by atoms with E-state index in [2.05, 4.69) is 12.0 Å². The fourth-order valence-electron chi connectivity index (χ4n) is 1.84. The predicted octanol–water partition coefficient (Wildman–Crippen LogP) is 3.37. The van der Waals surface area contributed by atoms with Crippen LogP contribution in [-0.4, -0.2) is 9.78 Å². The Morgan fingerprint density at radius 1 is 1.41 bits per heavy atom. The van der Waals surface area contributed by atoms with Gasteiger partial charge in [-0.3, -0.25) is 0 Å². The molecule has 0 radical (unpaired) electrons. The number of anilines is 1. The number of benzene rings is 1. The first-order valence-electron chi connectivity index (χ1n) is 5.73. The maximum absolute atomic E-state index is 6.10. The van der Waals surface area contributed by atoms with E-state index in [0.717, 1.165) is 34.8 Å². The summed E-state index contributed by atoms with van der Waals surface area (Å²) in [6.07, 6.45) is 2.00. The molecule has 0 spiro atoms. The average Bonchev–Trinajstić information content (AvgIpc) is 2.64. The van der Waals surface area contributed by atoms with Crippen molar-refractivity contribution >= 4 is 17.4 Å². The summed E-state index contributed by atoms with van der Waals surface area (Å²) in [6, 6.07) is 7.67.